The van der Waals surface area contributed by atoms with E-state index in [4.69, 9.17) is 25.8 Å². The van der Waals surface area contributed by atoms with E-state index in [0.29, 0.717) is 12.4 Å². The Morgan fingerprint density at radius 2 is 2.14 bits per heavy atom. The van der Waals surface area contributed by atoms with Gasteiger partial charge in [0.2, 0.25) is 0 Å². The number of rotatable bonds is 9. The van der Waals surface area contributed by atoms with Crippen molar-refractivity contribution in [2.45, 2.75) is 6.92 Å². The van der Waals surface area contributed by atoms with Crippen LogP contribution in [0, 0.1) is 0 Å². The molecule has 4 nitrogen and oxygen atoms in total. The highest BCUT2D eigenvalue weighted by Crippen LogP contribution is 2.28. The van der Waals surface area contributed by atoms with Crippen molar-refractivity contribution in [1.29, 1.82) is 0 Å². The second-order valence-electron chi connectivity index (χ2n) is 4.03. The highest BCUT2D eigenvalue weighted by Gasteiger charge is 2.11. The Morgan fingerprint density at radius 1 is 1.41 bits per heavy atom. The van der Waals surface area contributed by atoms with Gasteiger partial charge < -0.3 is 14.2 Å². The first-order valence-electron chi connectivity index (χ1n) is 6.41. The van der Waals surface area contributed by atoms with E-state index in [0.717, 1.165) is 6.08 Å². The van der Waals surface area contributed by atoms with Crippen LogP contribution in [-0.4, -0.2) is 18.2 Å². The van der Waals surface area contributed by atoms with Crippen LogP contribution in [0.5, 0.6) is 11.6 Å². The van der Waals surface area contributed by atoms with E-state index in [2.05, 4.69) is 24.7 Å². The van der Waals surface area contributed by atoms with Gasteiger partial charge in [-0.05, 0) is 25.1 Å². The van der Waals surface area contributed by atoms with Crippen molar-refractivity contribution in [2.24, 2.45) is 0 Å². The van der Waals surface area contributed by atoms with Crippen LogP contribution in [0.1, 0.15) is 6.92 Å². The topological polar surface area (TPSA) is 40.6 Å². The smallest absolute Gasteiger partial charge is 0.258 e. The fraction of sp³-hybridized carbons (Fsp3) is 0.188. The van der Waals surface area contributed by atoms with Crippen molar-refractivity contribution in [1.82, 2.24) is 4.98 Å². The molecule has 0 fully saturated rings. The number of hydrogen-bond acceptors (Lipinski definition) is 4. The Morgan fingerprint density at radius 3 is 2.77 bits per heavy atom. The lowest BCUT2D eigenvalue weighted by Crippen LogP contribution is -2.06. The number of halogens is 2. The molecular weight excluding hydrogens is 309 g/mol. The largest absolute Gasteiger partial charge is 0.495 e. The predicted octanol–water partition coefficient (Wildman–Crippen LogP) is 4.51. The first-order valence-corrected chi connectivity index (χ1v) is 6.79. The summed E-state index contributed by atoms with van der Waals surface area (Å²) in [5.41, 5.74) is 0. The Balaban J connectivity index is 2.77. The van der Waals surface area contributed by atoms with E-state index in [1.165, 1.54) is 6.20 Å². The average molecular weight is 326 g/mol. The molecule has 118 valence electrons. The lowest BCUT2D eigenvalue weighted by Gasteiger charge is -2.13. The molecule has 0 radical (unpaired) electrons. The molecule has 1 aromatic rings. The van der Waals surface area contributed by atoms with Crippen LogP contribution >= 0.6 is 11.6 Å². The standard InChI is InChI=1S/C16H17ClFNO3/c1-5-20-12(3)10-21-16-15(7-6-8-19-16)22-13(4)14(17)9-11(2)18/h6-9H,2-5,10H2,1H3/b14-9+. The van der Waals surface area contributed by atoms with Gasteiger partial charge in [0.15, 0.2) is 5.75 Å². The molecule has 1 heterocycles. The number of nitrogens with zero attached hydrogens (tertiary/aromatic N) is 1. The molecule has 0 aromatic carbocycles. The van der Waals surface area contributed by atoms with Crippen molar-refractivity contribution >= 4 is 11.6 Å². The minimum Gasteiger partial charge on any atom is -0.495 e. The fourth-order valence-corrected chi connectivity index (χ4v) is 1.51. The Bertz CT molecular complexity index is 599. The fourth-order valence-electron chi connectivity index (χ4n) is 1.36. The molecule has 6 heteroatoms. The number of pyridine rings is 1. The normalized spacial score (nSPS) is 10.8. The van der Waals surface area contributed by atoms with Crippen molar-refractivity contribution < 1.29 is 18.6 Å². The second-order valence-corrected chi connectivity index (χ2v) is 4.44. The predicted molar refractivity (Wildman–Crippen MR) is 84.5 cm³/mol. The molecule has 1 rings (SSSR count). The average Bonchev–Trinajstić information content (AvgIpc) is 2.46. The lowest BCUT2D eigenvalue weighted by atomic mass is 10.4. The summed E-state index contributed by atoms with van der Waals surface area (Å²) in [4.78, 5) is 4.04. The zero-order chi connectivity index (χ0) is 16.5. The highest BCUT2D eigenvalue weighted by molar-refractivity contribution is 6.31. The molecule has 0 atom stereocenters. The van der Waals surface area contributed by atoms with Gasteiger partial charge in [-0.3, -0.25) is 0 Å². The molecule has 0 unspecified atom stereocenters. The molecule has 0 aliphatic rings. The van der Waals surface area contributed by atoms with Gasteiger partial charge in [-0.1, -0.05) is 31.3 Å². The molecule has 0 saturated carbocycles. The second kappa shape index (κ2) is 8.89. The third kappa shape index (κ3) is 6.01. The van der Waals surface area contributed by atoms with Gasteiger partial charge in [-0.2, -0.15) is 0 Å². The summed E-state index contributed by atoms with van der Waals surface area (Å²) in [7, 11) is 0. The highest BCUT2D eigenvalue weighted by atomic mass is 35.5. The SMILES string of the molecule is C=C(F)/C=C(/Cl)C(=C)Oc1cccnc1OCC(=C)OCC. The number of ether oxygens (including phenoxy) is 3. The van der Waals surface area contributed by atoms with Crippen molar-refractivity contribution in [3.05, 3.63) is 66.5 Å². The minimum absolute atomic E-state index is 0.0129. The summed E-state index contributed by atoms with van der Waals surface area (Å²) >= 11 is 5.84. The summed E-state index contributed by atoms with van der Waals surface area (Å²) in [6.07, 6.45) is 2.53. The number of hydrogen-bond donors (Lipinski definition) is 0. The maximum atomic E-state index is 12.7. The molecular formula is C16H17ClFNO3. The van der Waals surface area contributed by atoms with Crippen LogP contribution < -0.4 is 9.47 Å². The van der Waals surface area contributed by atoms with Gasteiger partial charge in [0.1, 0.15) is 24.0 Å². The van der Waals surface area contributed by atoms with E-state index in [-0.39, 0.29) is 29.0 Å². The molecule has 22 heavy (non-hydrogen) atoms. The molecule has 1 aromatic heterocycles. The van der Waals surface area contributed by atoms with Crippen molar-refractivity contribution in [3.63, 3.8) is 0 Å². The van der Waals surface area contributed by atoms with E-state index >= 15 is 0 Å². The van der Waals surface area contributed by atoms with Crippen LogP contribution in [-0.2, 0) is 4.74 Å². The van der Waals surface area contributed by atoms with Crippen molar-refractivity contribution in [3.8, 4) is 11.6 Å². The number of aromatic nitrogens is 1. The molecule has 0 saturated heterocycles. The third-order valence-corrected chi connectivity index (χ3v) is 2.56. The quantitative estimate of drug-likeness (QED) is 0.495. The molecule has 0 bridgehead atoms. The van der Waals surface area contributed by atoms with Gasteiger partial charge in [0, 0.05) is 6.20 Å². The summed E-state index contributed by atoms with van der Waals surface area (Å²) in [5, 5.41) is -0.0129. The maximum absolute atomic E-state index is 12.7. The van der Waals surface area contributed by atoms with Crippen LogP contribution in [0.15, 0.2) is 66.5 Å². The maximum Gasteiger partial charge on any atom is 0.258 e. The Hall–Kier alpha value is -2.27. The van der Waals surface area contributed by atoms with E-state index < -0.39 is 5.83 Å². The molecule has 0 aliphatic carbocycles. The third-order valence-electron chi connectivity index (χ3n) is 2.24. The first-order chi connectivity index (χ1) is 10.4. The van der Waals surface area contributed by atoms with Gasteiger partial charge in [-0.15, -0.1) is 0 Å². The summed E-state index contributed by atoms with van der Waals surface area (Å²) < 4.78 is 28.8. The summed E-state index contributed by atoms with van der Waals surface area (Å²) in [6.45, 7) is 12.9. The van der Waals surface area contributed by atoms with Crippen LogP contribution in [0.25, 0.3) is 0 Å². The van der Waals surface area contributed by atoms with Crippen LogP contribution in [0.3, 0.4) is 0 Å². The first kappa shape index (κ1) is 17.8. The van der Waals surface area contributed by atoms with Crippen LogP contribution in [0.4, 0.5) is 4.39 Å². The molecule has 0 aliphatic heterocycles. The van der Waals surface area contributed by atoms with Gasteiger partial charge in [0.05, 0.1) is 11.6 Å². The Kier molecular flexibility index (Phi) is 7.19. The zero-order valence-corrected chi connectivity index (χ0v) is 13.0. The number of allylic oxidation sites excluding steroid dienone is 3. The van der Waals surface area contributed by atoms with Crippen LogP contribution in [0.2, 0.25) is 0 Å². The molecule has 0 amide bonds. The molecule has 0 spiro atoms. The van der Waals surface area contributed by atoms with E-state index in [1.807, 2.05) is 6.92 Å². The van der Waals surface area contributed by atoms with Gasteiger partial charge in [0.25, 0.3) is 5.88 Å². The molecule has 0 N–H and O–H groups in total. The summed E-state index contributed by atoms with van der Waals surface area (Å²) in [5.74, 6) is 0.304. The monoisotopic (exact) mass is 325 g/mol. The van der Waals surface area contributed by atoms with Gasteiger partial charge in [-0.25, -0.2) is 9.37 Å². The minimum atomic E-state index is -0.703. The zero-order valence-electron chi connectivity index (χ0n) is 12.3. The van der Waals surface area contributed by atoms with E-state index in [1.54, 1.807) is 12.1 Å². The van der Waals surface area contributed by atoms with Crippen molar-refractivity contribution in [2.75, 3.05) is 13.2 Å². The lowest BCUT2D eigenvalue weighted by molar-refractivity contribution is 0.177. The summed E-state index contributed by atoms with van der Waals surface area (Å²) in [6, 6.07) is 3.27. The van der Waals surface area contributed by atoms with Gasteiger partial charge >= 0.3 is 0 Å². The van der Waals surface area contributed by atoms with E-state index in [9.17, 15) is 4.39 Å². The Labute approximate surface area is 134 Å².